The van der Waals surface area contributed by atoms with Crippen LogP contribution in [0.5, 0.6) is 0 Å². The van der Waals surface area contributed by atoms with Gasteiger partial charge in [0, 0.05) is 0 Å². The maximum absolute atomic E-state index is 14.4. The summed E-state index contributed by atoms with van der Waals surface area (Å²) in [5, 5.41) is 10.2. The Balaban J connectivity index is 3.48. The van der Waals surface area contributed by atoms with Gasteiger partial charge in [-0.05, 0) is 24.0 Å². The van der Waals surface area contributed by atoms with Gasteiger partial charge in [-0.3, -0.25) is 0 Å². The summed E-state index contributed by atoms with van der Waals surface area (Å²) in [6.07, 6.45) is -9.06. The molecule has 0 radical (unpaired) electrons. The molecule has 0 saturated carbocycles. The number of alkyl halides is 13. The Labute approximate surface area is 179 Å². The molecule has 1 rings (SSSR count). The Hall–Kier alpha value is -1.73. The minimum absolute atomic E-state index is 0.0469. The zero-order valence-corrected chi connectivity index (χ0v) is 16.9. The van der Waals surface area contributed by atoms with Crippen molar-refractivity contribution < 1.29 is 62.2 Å². The number of benzene rings is 1. The molecule has 14 heteroatoms. The molecule has 0 aliphatic heterocycles. The van der Waals surface area contributed by atoms with Crippen LogP contribution in [0.25, 0.3) is 0 Å². The van der Waals surface area contributed by atoms with Gasteiger partial charge in [0.15, 0.2) is 0 Å². The number of rotatable bonds is 10. The highest BCUT2D eigenvalue weighted by molar-refractivity contribution is 5.30. The standard InChI is InChI=1S/C19H19F13O/c1-3-4-7-11-8-5-6-9-12(11)13(33)10(2)14(20,21)15(22,23)16(24,25)17(26,27)18(28,29)19(30,31)32/h5-6,8-10,13,33H,3-4,7H2,1-2H3. The molecule has 0 saturated heterocycles. The van der Waals surface area contributed by atoms with Gasteiger partial charge in [-0.1, -0.05) is 44.5 Å². The molecule has 0 aliphatic rings. The van der Waals surface area contributed by atoms with E-state index in [0.29, 0.717) is 12.8 Å². The summed E-state index contributed by atoms with van der Waals surface area (Å²) in [7, 11) is 0. The van der Waals surface area contributed by atoms with Crippen LogP contribution in [0, 0.1) is 5.92 Å². The molecule has 1 N–H and O–H groups in total. The van der Waals surface area contributed by atoms with E-state index in [0.717, 1.165) is 12.1 Å². The van der Waals surface area contributed by atoms with E-state index in [9.17, 15) is 62.2 Å². The van der Waals surface area contributed by atoms with Crippen LogP contribution in [0.2, 0.25) is 0 Å². The van der Waals surface area contributed by atoms with Crippen molar-refractivity contribution in [2.24, 2.45) is 5.92 Å². The molecule has 1 aromatic rings. The third-order valence-electron chi connectivity index (χ3n) is 5.18. The van der Waals surface area contributed by atoms with Crippen molar-refractivity contribution in [3.8, 4) is 0 Å². The predicted molar refractivity (Wildman–Crippen MR) is 90.0 cm³/mol. The third kappa shape index (κ3) is 4.63. The highest BCUT2D eigenvalue weighted by atomic mass is 19.4. The molecule has 0 fully saturated rings. The van der Waals surface area contributed by atoms with Gasteiger partial charge in [-0.25, -0.2) is 0 Å². The molecule has 192 valence electrons. The van der Waals surface area contributed by atoms with Crippen molar-refractivity contribution in [3.05, 3.63) is 35.4 Å². The monoisotopic (exact) mass is 510 g/mol. The molecule has 0 amide bonds. The zero-order valence-electron chi connectivity index (χ0n) is 16.9. The summed E-state index contributed by atoms with van der Waals surface area (Å²) in [5.41, 5.74) is -0.330. The highest BCUT2D eigenvalue weighted by Gasteiger charge is 2.91. The molecule has 33 heavy (non-hydrogen) atoms. The lowest BCUT2D eigenvalue weighted by Gasteiger charge is -2.42. The second-order valence-electron chi connectivity index (χ2n) is 7.45. The molecule has 0 aliphatic carbocycles. The van der Waals surface area contributed by atoms with Crippen LogP contribution >= 0.6 is 0 Å². The summed E-state index contributed by atoms with van der Waals surface area (Å²) in [5.74, 6) is -40.7. The lowest BCUT2D eigenvalue weighted by molar-refractivity contribution is -0.444. The summed E-state index contributed by atoms with van der Waals surface area (Å²) >= 11 is 0. The normalized spacial score (nSPS) is 16.6. The first-order valence-corrected chi connectivity index (χ1v) is 9.34. The maximum atomic E-state index is 14.4. The smallest absolute Gasteiger partial charge is 0.388 e. The van der Waals surface area contributed by atoms with E-state index in [1.807, 2.05) is 0 Å². The number of aliphatic hydroxyl groups excluding tert-OH is 1. The molecule has 0 spiro atoms. The summed E-state index contributed by atoms with van der Waals surface area (Å²) in [4.78, 5) is 0. The van der Waals surface area contributed by atoms with Crippen LogP contribution in [0.4, 0.5) is 57.1 Å². The van der Waals surface area contributed by atoms with E-state index in [1.54, 1.807) is 6.92 Å². The first kappa shape index (κ1) is 29.3. The second-order valence-corrected chi connectivity index (χ2v) is 7.45. The minimum atomic E-state index is -7.96. The first-order valence-electron chi connectivity index (χ1n) is 9.34. The Morgan fingerprint density at radius 2 is 1.18 bits per heavy atom. The van der Waals surface area contributed by atoms with Gasteiger partial charge in [0.1, 0.15) is 0 Å². The number of unbranched alkanes of at least 4 members (excludes halogenated alkanes) is 1. The Bertz CT molecular complexity index is 801. The third-order valence-corrected chi connectivity index (χ3v) is 5.18. The molecule has 0 aromatic heterocycles. The van der Waals surface area contributed by atoms with Crippen molar-refractivity contribution in [2.45, 2.75) is 75.0 Å². The SMILES string of the molecule is CCCCc1ccccc1C(O)C(C)C(F)(F)C(F)(F)C(F)(F)C(F)(F)C(F)(F)C(F)(F)F. The van der Waals surface area contributed by atoms with Gasteiger partial charge < -0.3 is 5.11 Å². The van der Waals surface area contributed by atoms with Gasteiger partial charge in [-0.2, -0.15) is 57.1 Å². The van der Waals surface area contributed by atoms with Crippen LogP contribution in [0.3, 0.4) is 0 Å². The van der Waals surface area contributed by atoms with E-state index in [-0.39, 0.29) is 18.9 Å². The van der Waals surface area contributed by atoms with Crippen molar-refractivity contribution in [1.29, 1.82) is 0 Å². The Morgan fingerprint density at radius 3 is 1.64 bits per heavy atom. The molecular weight excluding hydrogens is 491 g/mol. The maximum Gasteiger partial charge on any atom is 0.460 e. The average Bonchev–Trinajstić information content (AvgIpc) is 2.69. The van der Waals surface area contributed by atoms with Gasteiger partial charge in [-0.15, -0.1) is 0 Å². The van der Waals surface area contributed by atoms with E-state index in [4.69, 9.17) is 0 Å². The lowest BCUT2D eigenvalue weighted by atomic mass is 9.82. The van der Waals surface area contributed by atoms with E-state index in [2.05, 4.69) is 0 Å². The summed E-state index contributed by atoms with van der Waals surface area (Å²) in [6.45, 7) is 1.76. The largest absolute Gasteiger partial charge is 0.460 e. The first-order chi connectivity index (χ1) is 14.6. The molecular formula is C19H19F13O. The van der Waals surface area contributed by atoms with Crippen LogP contribution in [-0.2, 0) is 6.42 Å². The van der Waals surface area contributed by atoms with Crippen molar-refractivity contribution >= 4 is 0 Å². The number of aryl methyl sites for hydroxylation is 1. The zero-order chi connectivity index (χ0) is 26.3. The fourth-order valence-electron chi connectivity index (χ4n) is 2.95. The minimum Gasteiger partial charge on any atom is -0.388 e. The molecule has 2 atom stereocenters. The second kappa shape index (κ2) is 9.14. The fraction of sp³-hybridized carbons (Fsp3) is 0.684. The number of hydrogen-bond acceptors (Lipinski definition) is 1. The van der Waals surface area contributed by atoms with Crippen LogP contribution in [0.15, 0.2) is 24.3 Å². The number of halogens is 13. The van der Waals surface area contributed by atoms with E-state index >= 15 is 0 Å². The Morgan fingerprint density at radius 1 is 0.727 bits per heavy atom. The average molecular weight is 510 g/mol. The van der Waals surface area contributed by atoms with Crippen molar-refractivity contribution in [3.63, 3.8) is 0 Å². The molecule has 2 unspecified atom stereocenters. The lowest BCUT2D eigenvalue weighted by Crippen LogP contribution is -2.71. The Kier molecular flexibility index (Phi) is 8.11. The topological polar surface area (TPSA) is 20.2 Å². The quantitative estimate of drug-likeness (QED) is 0.325. The highest BCUT2D eigenvalue weighted by Crippen LogP contribution is 2.62. The number of aliphatic hydroxyl groups is 1. The van der Waals surface area contributed by atoms with Crippen LogP contribution < -0.4 is 0 Å². The van der Waals surface area contributed by atoms with Crippen molar-refractivity contribution in [1.82, 2.24) is 0 Å². The van der Waals surface area contributed by atoms with Crippen LogP contribution in [-0.4, -0.2) is 40.9 Å². The molecule has 1 nitrogen and oxygen atoms in total. The van der Waals surface area contributed by atoms with E-state index in [1.165, 1.54) is 12.1 Å². The predicted octanol–water partition coefficient (Wildman–Crippen LogP) is 7.44. The van der Waals surface area contributed by atoms with Gasteiger partial charge in [0.2, 0.25) is 0 Å². The molecule has 1 aromatic carbocycles. The van der Waals surface area contributed by atoms with Gasteiger partial charge >= 0.3 is 35.8 Å². The fourth-order valence-corrected chi connectivity index (χ4v) is 2.95. The van der Waals surface area contributed by atoms with Crippen LogP contribution in [0.1, 0.15) is 43.9 Å². The van der Waals surface area contributed by atoms with E-state index < -0.39 is 53.4 Å². The van der Waals surface area contributed by atoms with Crippen molar-refractivity contribution in [2.75, 3.05) is 0 Å². The summed E-state index contributed by atoms with van der Waals surface area (Å²) in [6, 6.07) is 4.77. The molecule has 0 heterocycles. The molecule has 0 bridgehead atoms. The summed E-state index contributed by atoms with van der Waals surface area (Å²) < 4.78 is 173. The number of hydrogen-bond donors (Lipinski definition) is 1. The van der Waals surface area contributed by atoms with Gasteiger partial charge in [0.05, 0.1) is 12.0 Å². The van der Waals surface area contributed by atoms with Gasteiger partial charge in [0.25, 0.3) is 0 Å².